The van der Waals surface area contributed by atoms with E-state index in [0.717, 1.165) is 17.5 Å². The van der Waals surface area contributed by atoms with Crippen molar-refractivity contribution in [2.75, 3.05) is 6.61 Å². The van der Waals surface area contributed by atoms with Gasteiger partial charge in [-0.15, -0.1) is 0 Å². The topological polar surface area (TPSA) is 81.7 Å². The van der Waals surface area contributed by atoms with E-state index in [1.165, 1.54) is 11.1 Å². The lowest BCUT2D eigenvalue weighted by Gasteiger charge is -2.44. The van der Waals surface area contributed by atoms with Gasteiger partial charge < -0.3 is 33.2 Å². The number of carbonyl (C=O) groups is 1. The number of hydrogen-bond acceptors (Lipinski definition) is 8. The Kier molecular flexibility index (Phi) is 17.5. The molecule has 0 aromatic heterocycles. The van der Waals surface area contributed by atoms with Gasteiger partial charge in [-0.2, -0.15) is 0 Å². The zero-order valence-electron chi connectivity index (χ0n) is 35.7. The predicted octanol–water partition coefficient (Wildman–Crippen LogP) is 10.4. The Morgan fingerprint density at radius 3 is 1.13 bits per heavy atom. The van der Waals surface area contributed by atoms with Crippen LogP contribution >= 0.6 is 0 Å². The van der Waals surface area contributed by atoms with Gasteiger partial charge in [-0.25, -0.2) is 4.79 Å². The van der Waals surface area contributed by atoms with Crippen molar-refractivity contribution in [2.24, 2.45) is 11.8 Å². The van der Waals surface area contributed by atoms with Crippen molar-refractivity contribution >= 4 is 5.97 Å². The zero-order chi connectivity index (χ0) is 42.1. The van der Waals surface area contributed by atoms with Gasteiger partial charge in [-0.3, -0.25) is 0 Å². The van der Waals surface area contributed by atoms with Gasteiger partial charge in [0.2, 0.25) is 0 Å². The quantitative estimate of drug-likeness (QED) is 0.0911. The largest absolute Gasteiger partial charge is 0.459 e. The van der Waals surface area contributed by atoms with Crippen molar-refractivity contribution in [1.29, 1.82) is 0 Å². The molecule has 2 heterocycles. The summed E-state index contributed by atoms with van der Waals surface area (Å²) in [5.74, 6) is 0.00637. The minimum absolute atomic E-state index is 0.0209. The fourth-order valence-electron chi connectivity index (χ4n) is 7.75. The van der Waals surface area contributed by atoms with E-state index < -0.39 is 12.2 Å². The molecule has 0 saturated carbocycles. The van der Waals surface area contributed by atoms with Crippen molar-refractivity contribution in [3.63, 3.8) is 0 Å². The van der Waals surface area contributed by atoms with Crippen molar-refractivity contribution in [3.05, 3.63) is 179 Å². The number of esters is 1. The monoisotopic (exact) mass is 814 g/mol. The first-order valence-electron chi connectivity index (χ1n) is 21.5. The van der Waals surface area contributed by atoms with E-state index in [1.807, 2.05) is 122 Å². The molecule has 0 N–H and O–H groups in total. The Hall–Kier alpha value is -4.67. The summed E-state index contributed by atoms with van der Waals surface area (Å²) in [5, 5.41) is 0. The van der Waals surface area contributed by atoms with Crippen molar-refractivity contribution in [1.82, 2.24) is 0 Å². The van der Waals surface area contributed by atoms with E-state index in [-0.39, 0.29) is 61.0 Å². The molecule has 10 atom stereocenters. The van der Waals surface area contributed by atoms with Gasteiger partial charge in [-0.05, 0) is 54.7 Å². The average Bonchev–Trinajstić information content (AvgIpc) is 3.30. The summed E-state index contributed by atoms with van der Waals surface area (Å²) in [7, 11) is 0. The van der Waals surface area contributed by atoms with Gasteiger partial charge in [-0.1, -0.05) is 160 Å². The first-order valence-corrected chi connectivity index (χ1v) is 21.5. The van der Waals surface area contributed by atoms with E-state index in [0.29, 0.717) is 32.0 Å². The van der Waals surface area contributed by atoms with Crippen LogP contribution in [0.25, 0.3) is 0 Å². The summed E-state index contributed by atoms with van der Waals surface area (Å²) < 4.78 is 43.7. The van der Waals surface area contributed by atoms with Gasteiger partial charge in [0.05, 0.1) is 62.5 Å². The predicted molar refractivity (Wildman–Crippen MR) is 234 cm³/mol. The molecule has 2 fully saturated rings. The van der Waals surface area contributed by atoms with Crippen LogP contribution < -0.4 is 0 Å². The molecule has 8 heteroatoms. The summed E-state index contributed by atoms with van der Waals surface area (Å²) in [6, 6.07) is 49.7. The minimum Gasteiger partial charge on any atom is -0.459 e. The Balaban J connectivity index is 0.000000209. The molecule has 5 aromatic carbocycles. The first kappa shape index (κ1) is 44.9. The van der Waals surface area contributed by atoms with E-state index in [2.05, 4.69) is 52.0 Å². The molecule has 8 nitrogen and oxygen atoms in total. The summed E-state index contributed by atoms with van der Waals surface area (Å²) in [4.78, 5) is 12.6. The number of ether oxygens (including phenoxy) is 7. The Morgan fingerprint density at radius 1 is 0.450 bits per heavy atom. The van der Waals surface area contributed by atoms with Crippen LogP contribution in [0.15, 0.2) is 152 Å². The molecular weight excluding hydrogens is 753 g/mol. The number of carbonyl (C=O) groups excluding carboxylic acids is 1. The van der Waals surface area contributed by atoms with Crippen LogP contribution in [-0.2, 0) is 59.6 Å². The SMILES string of the molecule is CC1[C@@H](C)OC(COC(=O)c2ccccc2)[C@H](OCc2ccccc2)[C@H]1OCc1ccccc1.CCC1O[C@H](C)C(C)[C@H](OCc2ccccc2)[C@H]1OCc1ccccc1. The van der Waals surface area contributed by atoms with Gasteiger partial charge >= 0.3 is 5.97 Å². The Bertz CT molecular complexity index is 1890. The molecule has 0 bridgehead atoms. The van der Waals surface area contributed by atoms with Crippen LogP contribution in [0.2, 0.25) is 0 Å². The highest BCUT2D eigenvalue weighted by atomic mass is 16.6. The molecule has 318 valence electrons. The summed E-state index contributed by atoms with van der Waals surface area (Å²) >= 11 is 0. The lowest BCUT2D eigenvalue weighted by molar-refractivity contribution is -0.234. The van der Waals surface area contributed by atoms with Crippen molar-refractivity contribution < 1.29 is 38.0 Å². The van der Waals surface area contributed by atoms with Gasteiger partial charge in [0.15, 0.2) is 0 Å². The smallest absolute Gasteiger partial charge is 0.338 e. The van der Waals surface area contributed by atoms with Crippen LogP contribution in [0.4, 0.5) is 0 Å². The van der Waals surface area contributed by atoms with Gasteiger partial charge in [0, 0.05) is 11.8 Å². The second-order valence-corrected chi connectivity index (χ2v) is 15.9. The van der Waals surface area contributed by atoms with Crippen molar-refractivity contribution in [3.8, 4) is 0 Å². The maximum atomic E-state index is 12.6. The summed E-state index contributed by atoms with van der Waals surface area (Å²) in [5.41, 5.74) is 5.04. The molecular formula is C52H62O8. The third-order valence-corrected chi connectivity index (χ3v) is 11.6. The Labute approximate surface area is 357 Å². The second-order valence-electron chi connectivity index (χ2n) is 15.9. The molecule has 0 spiro atoms. The van der Waals surface area contributed by atoms with E-state index >= 15 is 0 Å². The molecule has 2 aliphatic heterocycles. The summed E-state index contributed by atoms with van der Waals surface area (Å²) in [6.45, 7) is 12.8. The standard InChI is InChI=1S/C29H32O5.C23H30O3/c1-21-22(2)34-26(20-33-29(30)25-16-10-5-11-17-25)28(32-19-24-14-8-4-9-15-24)27(21)31-18-23-12-6-3-7-13-23;1-4-21-23(25-16-20-13-9-6-10-14-20)22(17(2)18(3)26-21)24-15-19-11-7-5-8-12-19/h3-17,21-22,26-28H,18-20H2,1-2H3;5-14,17-18,21-23H,4,15-16H2,1-3H3/t21?,22-,26?,27+,28+;17?,18-,21?,22+,23+/m11/s1. The minimum atomic E-state index is -0.441. The molecule has 5 aromatic rings. The molecule has 60 heavy (non-hydrogen) atoms. The number of benzene rings is 5. The number of hydrogen-bond donors (Lipinski definition) is 0. The van der Waals surface area contributed by atoms with Crippen LogP contribution in [-0.4, -0.2) is 61.4 Å². The zero-order valence-corrected chi connectivity index (χ0v) is 35.7. The highest BCUT2D eigenvalue weighted by molar-refractivity contribution is 5.89. The third-order valence-electron chi connectivity index (χ3n) is 11.6. The highest BCUT2D eigenvalue weighted by Crippen LogP contribution is 2.34. The molecule has 2 aliphatic rings. The maximum Gasteiger partial charge on any atom is 0.338 e. The average molecular weight is 815 g/mol. The van der Waals surface area contributed by atoms with Crippen molar-refractivity contribution in [2.45, 2.75) is 116 Å². The fourth-order valence-corrected chi connectivity index (χ4v) is 7.75. The van der Waals surface area contributed by atoms with Crippen LogP contribution in [0.5, 0.6) is 0 Å². The van der Waals surface area contributed by atoms with E-state index in [9.17, 15) is 4.79 Å². The van der Waals surface area contributed by atoms with Crippen LogP contribution in [0.3, 0.4) is 0 Å². The fraction of sp³-hybridized carbons (Fsp3) is 0.404. The molecule has 4 unspecified atom stereocenters. The first-order chi connectivity index (χ1) is 29.3. The molecule has 0 aliphatic carbocycles. The normalized spacial score (nSPS) is 26.4. The van der Waals surface area contributed by atoms with Crippen LogP contribution in [0, 0.1) is 11.8 Å². The van der Waals surface area contributed by atoms with Gasteiger partial charge in [0.25, 0.3) is 0 Å². The highest BCUT2D eigenvalue weighted by Gasteiger charge is 2.45. The second kappa shape index (κ2) is 23.4. The lowest BCUT2D eigenvalue weighted by atomic mass is 9.87. The molecule has 0 radical (unpaired) electrons. The molecule has 0 amide bonds. The van der Waals surface area contributed by atoms with E-state index in [1.54, 1.807) is 12.1 Å². The third kappa shape index (κ3) is 12.9. The maximum absolute atomic E-state index is 12.6. The van der Waals surface area contributed by atoms with Crippen LogP contribution in [0.1, 0.15) is 73.7 Å². The Morgan fingerprint density at radius 2 is 0.767 bits per heavy atom. The molecule has 7 rings (SSSR count). The lowest BCUT2D eigenvalue weighted by Crippen LogP contribution is -2.56. The number of rotatable bonds is 16. The van der Waals surface area contributed by atoms with E-state index in [4.69, 9.17) is 33.2 Å². The van der Waals surface area contributed by atoms with Gasteiger partial charge in [0.1, 0.15) is 24.9 Å². The molecule has 2 saturated heterocycles. The summed E-state index contributed by atoms with van der Waals surface area (Å²) in [6.07, 6.45) is -0.0135.